The highest BCUT2D eigenvalue weighted by molar-refractivity contribution is 5.99. The summed E-state index contributed by atoms with van der Waals surface area (Å²) >= 11 is 0. The van der Waals surface area contributed by atoms with Gasteiger partial charge in [-0.2, -0.15) is 0 Å². The first-order chi connectivity index (χ1) is 10.6. The van der Waals surface area contributed by atoms with Gasteiger partial charge in [0.2, 0.25) is 11.8 Å². The van der Waals surface area contributed by atoms with Crippen LogP contribution in [0.3, 0.4) is 0 Å². The van der Waals surface area contributed by atoms with Crippen LogP contribution in [0.5, 0.6) is 0 Å². The number of nitrogens with two attached hydrogens (primary N) is 2. The van der Waals surface area contributed by atoms with E-state index in [0.717, 1.165) is 18.9 Å². The van der Waals surface area contributed by atoms with Crippen molar-refractivity contribution in [1.82, 2.24) is 0 Å². The third-order valence-electron chi connectivity index (χ3n) is 3.93. The molecular weight excluding hydrogens is 276 g/mol. The van der Waals surface area contributed by atoms with Crippen LogP contribution in [0.25, 0.3) is 0 Å². The average Bonchev–Trinajstić information content (AvgIpc) is 2.46. The van der Waals surface area contributed by atoms with Crippen molar-refractivity contribution in [2.75, 3.05) is 0 Å². The highest BCUT2D eigenvalue weighted by Crippen LogP contribution is 2.14. The van der Waals surface area contributed by atoms with Crippen LogP contribution in [0.4, 0.5) is 0 Å². The Kier molecular flexibility index (Phi) is 13.7. The van der Waals surface area contributed by atoms with Crippen molar-refractivity contribution in [3.05, 3.63) is 11.6 Å². The fraction of sp³-hybridized carbons (Fsp3) is 0.778. The molecule has 0 bridgehead atoms. The zero-order valence-corrected chi connectivity index (χ0v) is 14.2. The molecule has 0 saturated heterocycles. The lowest BCUT2D eigenvalue weighted by Crippen LogP contribution is -2.17. The largest absolute Gasteiger partial charge is 0.366 e. The van der Waals surface area contributed by atoms with E-state index in [1.807, 2.05) is 0 Å². The molecule has 0 saturated carbocycles. The maximum atomic E-state index is 11.1. The van der Waals surface area contributed by atoms with Crippen LogP contribution in [-0.2, 0) is 9.59 Å². The average molecular weight is 310 g/mol. The van der Waals surface area contributed by atoms with Crippen molar-refractivity contribution in [3.8, 4) is 0 Å². The maximum absolute atomic E-state index is 11.1. The van der Waals surface area contributed by atoms with Crippen LogP contribution in [0, 0.1) is 0 Å². The molecule has 0 aliphatic rings. The molecule has 22 heavy (non-hydrogen) atoms. The van der Waals surface area contributed by atoms with Gasteiger partial charge >= 0.3 is 0 Å². The smallest absolute Gasteiger partial charge is 0.244 e. The van der Waals surface area contributed by atoms with Crippen molar-refractivity contribution >= 4 is 11.8 Å². The first-order valence-corrected chi connectivity index (χ1v) is 8.87. The number of carbonyl (C=O) groups excluding carboxylic acids is 2. The highest BCUT2D eigenvalue weighted by Gasteiger charge is 2.06. The number of primary amides is 2. The van der Waals surface area contributed by atoms with E-state index in [0.29, 0.717) is 12.0 Å². The summed E-state index contributed by atoms with van der Waals surface area (Å²) in [5.41, 5.74) is 10.6. The Labute approximate surface area is 135 Å². The quantitative estimate of drug-likeness (QED) is 0.354. The van der Waals surface area contributed by atoms with Crippen LogP contribution < -0.4 is 11.5 Å². The zero-order chi connectivity index (χ0) is 16.6. The Morgan fingerprint density at radius 3 is 1.50 bits per heavy atom. The van der Waals surface area contributed by atoms with E-state index >= 15 is 0 Å². The van der Waals surface area contributed by atoms with E-state index in [9.17, 15) is 9.59 Å². The van der Waals surface area contributed by atoms with E-state index in [4.69, 9.17) is 11.5 Å². The lowest BCUT2D eigenvalue weighted by atomic mass is 10.0. The van der Waals surface area contributed by atoms with Crippen molar-refractivity contribution in [3.63, 3.8) is 0 Å². The first kappa shape index (κ1) is 20.7. The summed E-state index contributed by atoms with van der Waals surface area (Å²) in [6, 6.07) is 0. The van der Waals surface area contributed by atoms with Gasteiger partial charge in [0, 0.05) is 11.6 Å². The predicted molar refractivity (Wildman–Crippen MR) is 92.2 cm³/mol. The van der Waals surface area contributed by atoms with Gasteiger partial charge in [-0.3, -0.25) is 9.59 Å². The van der Waals surface area contributed by atoms with Crippen molar-refractivity contribution in [1.29, 1.82) is 0 Å². The molecule has 4 nitrogen and oxygen atoms in total. The van der Waals surface area contributed by atoms with Gasteiger partial charge in [0.1, 0.15) is 0 Å². The van der Waals surface area contributed by atoms with Gasteiger partial charge in [0.25, 0.3) is 0 Å². The van der Waals surface area contributed by atoms with Gasteiger partial charge < -0.3 is 11.5 Å². The van der Waals surface area contributed by atoms with Crippen molar-refractivity contribution < 1.29 is 9.59 Å². The molecule has 0 radical (unpaired) electrons. The minimum atomic E-state index is -0.604. The molecule has 0 aromatic rings. The van der Waals surface area contributed by atoms with E-state index in [-0.39, 0.29) is 0 Å². The molecule has 0 rings (SSSR count). The SMILES string of the molecule is CCCCCCCCCCCCCC/C(=C/C(N)=O)C(N)=O. The Balaban J connectivity index is 3.43. The van der Waals surface area contributed by atoms with E-state index < -0.39 is 11.8 Å². The van der Waals surface area contributed by atoms with Gasteiger partial charge in [-0.15, -0.1) is 0 Å². The molecule has 0 aliphatic heterocycles. The van der Waals surface area contributed by atoms with Crippen LogP contribution in [0.15, 0.2) is 11.6 Å². The molecular formula is C18H34N2O2. The van der Waals surface area contributed by atoms with Gasteiger partial charge in [0.05, 0.1) is 0 Å². The van der Waals surface area contributed by atoms with Crippen LogP contribution in [0.1, 0.15) is 90.4 Å². The first-order valence-electron chi connectivity index (χ1n) is 8.87. The number of amides is 2. The monoisotopic (exact) mass is 310 g/mol. The molecule has 0 aliphatic carbocycles. The van der Waals surface area contributed by atoms with Crippen LogP contribution in [0.2, 0.25) is 0 Å². The summed E-state index contributed by atoms with van der Waals surface area (Å²) in [4.78, 5) is 21.9. The summed E-state index contributed by atoms with van der Waals surface area (Å²) in [5.74, 6) is -1.14. The van der Waals surface area contributed by atoms with E-state index in [2.05, 4.69) is 6.92 Å². The minimum Gasteiger partial charge on any atom is -0.366 e. The Morgan fingerprint density at radius 1 is 0.727 bits per heavy atom. The van der Waals surface area contributed by atoms with Crippen molar-refractivity contribution in [2.24, 2.45) is 11.5 Å². The van der Waals surface area contributed by atoms with Gasteiger partial charge in [0.15, 0.2) is 0 Å². The third kappa shape index (κ3) is 13.7. The maximum Gasteiger partial charge on any atom is 0.244 e. The summed E-state index contributed by atoms with van der Waals surface area (Å²) in [5, 5.41) is 0. The molecule has 0 spiro atoms. The molecule has 0 fully saturated rings. The lowest BCUT2D eigenvalue weighted by molar-refractivity contribution is -0.116. The second-order valence-electron chi connectivity index (χ2n) is 6.08. The van der Waals surface area contributed by atoms with Crippen LogP contribution >= 0.6 is 0 Å². The summed E-state index contributed by atoms with van der Waals surface area (Å²) in [6.45, 7) is 2.25. The topological polar surface area (TPSA) is 86.2 Å². The van der Waals surface area contributed by atoms with Crippen LogP contribution in [-0.4, -0.2) is 11.8 Å². The molecule has 0 unspecified atom stereocenters. The molecule has 0 atom stereocenters. The second kappa shape index (κ2) is 14.6. The Hall–Kier alpha value is -1.32. The standard InChI is InChI=1S/C18H34N2O2/c1-2-3-4-5-6-7-8-9-10-11-12-13-14-16(18(20)22)15-17(19)21/h15H,2-14H2,1H3,(H2,19,21)(H2,20,22)/b16-15-. The molecule has 0 aromatic carbocycles. The Morgan fingerprint density at radius 2 is 1.14 bits per heavy atom. The molecule has 128 valence electrons. The predicted octanol–water partition coefficient (Wildman–Crippen LogP) is 3.97. The molecule has 0 aromatic heterocycles. The van der Waals surface area contributed by atoms with Gasteiger partial charge in [-0.1, -0.05) is 77.6 Å². The zero-order valence-electron chi connectivity index (χ0n) is 14.2. The number of rotatable bonds is 15. The second-order valence-corrected chi connectivity index (χ2v) is 6.08. The lowest BCUT2D eigenvalue weighted by Gasteiger charge is -2.04. The molecule has 2 amide bonds. The summed E-state index contributed by atoms with van der Waals surface area (Å²) in [7, 11) is 0. The number of hydrogen-bond acceptors (Lipinski definition) is 2. The number of carbonyl (C=O) groups is 2. The Bertz CT molecular complexity index is 338. The third-order valence-corrected chi connectivity index (χ3v) is 3.93. The summed E-state index contributed by atoms with van der Waals surface area (Å²) < 4.78 is 0. The number of hydrogen-bond donors (Lipinski definition) is 2. The van der Waals surface area contributed by atoms with Gasteiger partial charge in [-0.25, -0.2) is 0 Å². The fourth-order valence-electron chi connectivity index (χ4n) is 2.59. The molecule has 0 heterocycles. The van der Waals surface area contributed by atoms with Gasteiger partial charge in [-0.05, 0) is 12.8 Å². The fourth-order valence-corrected chi connectivity index (χ4v) is 2.59. The molecule has 4 heteroatoms. The van der Waals surface area contributed by atoms with E-state index in [1.165, 1.54) is 64.2 Å². The molecule has 4 N–H and O–H groups in total. The highest BCUT2D eigenvalue weighted by atomic mass is 16.1. The van der Waals surface area contributed by atoms with Crippen molar-refractivity contribution in [2.45, 2.75) is 90.4 Å². The summed E-state index contributed by atoms with van der Waals surface area (Å²) in [6.07, 6.45) is 16.9. The minimum absolute atomic E-state index is 0.347. The number of unbranched alkanes of at least 4 members (excludes halogenated alkanes) is 11. The van der Waals surface area contributed by atoms with E-state index in [1.54, 1.807) is 0 Å². The normalized spacial score (nSPS) is 11.6.